The van der Waals surface area contributed by atoms with Gasteiger partial charge in [-0.25, -0.2) is 13.2 Å². The van der Waals surface area contributed by atoms with Gasteiger partial charge in [-0.1, -0.05) is 6.92 Å². The number of anilines is 2. The number of alkyl halides is 3. The molecule has 0 radical (unpaired) electrons. The van der Waals surface area contributed by atoms with Crippen molar-refractivity contribution < 1.29 is 45.8 Å². The van der Waals surface area contributed by atoms with Gasteiger partial charge in [-0.15, -0.1) is 0 Å². The molecule has 4 atom stereocenters. The summed E-state index contributed by atoms with van der Waals surface area (Å²) in [5.74, 6) is -0.566. The molecule has 0 aromatic heterocycles. The second-order valence-corrected chi connectivity index (χ2v) is 13.5. The summed E-state index contributed by atoms with van der Waals surface area (Å²) in [5, 5.41) is 12.7. The Hall–Kier alpha value is -3.56. The van der Waals surface area contributed by atoms with Crippen LogP contribution in [0, 0.1) is 5.92 Å². The topological polar surface area (TPSA) is 138 Å². The minimum atomic E-state index is -4.50. The highest BCUT2D eigenvalue weighted by Crippen LogP contribution is 2.31. The molecule has 3 amide bonds. The summed E-state index contributed by atoms with van der Waals surface area (Å²) in [7, 11) is -2.10. The molecule has 2 aromatic rings. The molecule has 0 aliphatic carbocycles. The van der Waals surface area contributed by atoms with Crippen LogP contribution in [0.5, 0.6) is 5.75 Å². The maximum absolute atomic E-state index is 14.1. The first-order valence-electron chi connectivity index (χ1n) is 15.0. The minimum absolute atomic E-state index is 0.0989. The van der Waals surface area contributed by atoms with Crippen LogP contribution in [0.15, 0.2) is 42.5 Å². The Kier molecular flexibility index (Phi) is 12.7. The van der Waals surface area contributed by atoms with Gasteiger partial charge in [-0.2, -0.15) is 13.2 Å². The number of hydrogen-bond donors (Lipinski definition) is 3. The van der Waals surface area contributed by atoms with Crippen LogP contribution in [0.1, 0.15) is 56.0 Å². The zero-order chi connectivity index (χ0) is 34.2. The second kappa shape index (κ2) is 15.8. The Morgan fingerprint density at radius 1 is 1.13 bits per heavy atom. The number of urea groups is 1. The molecular formula is C31H43F3N4O7S. The Labute approximate surface area is 268 Å². The van der Waals surface area contributed by atoms with Crippen molar-refractivity contribution in [2.24, 2.45) is 5.92 Å². The normalized spacial score (nSPS) is 20.9. The molecule has 0 fully saturated rings. The fourth-order valence-electron chi connectivity index (χ4n) is 4.98. The molecule has 1 aliphatic rings. The van der Waals surface area contributed by atoms with Crippen molar-refractivity contribution in [1.29, 1.82) is 0 Å². The number of nitrogens with one attached hydrogen (secondary N) is 2. The minimum Gasteiger partial charge on any atom is -0.490 e. The van der Waals surface area contributed by atoms with Gasteiger partial charge in [0.05, 0.1) is 42.2 Å². The summed E-state index contributed by atoms with van der Waals surface area (Å²) >= 11 is 0. The fraction of sp³-hybridized carbons (Fsp3) is 0.548. The predicted molar refractivity (Wildman–Crippen MR) is 168 cm³/mol. The molecule has 0 spiro atoms. The first-order chi connectivity index (χ1) is 21.5. The van der Waals surface area contributed by atoms with Crippen molar-refractivity contribution >= 4 is 33.3 Å². The van der Waals surface area contributed by atoms with E-state index >= 15 is 0 Å². The third-order valence-corrected chi connectivity index (χ3v) is 8.23. The van der Waals surface area contributed by atoms with Crippen LogP contribution >= 0.6 is 0 Å². The third-order valence-electron chi connectivity index (χ3n) is 7.62. The first-order valence-corrected chi connectivity index (χ1v) is 16.9. The summed E-state index contributed by atoms with van der Waals surface area (Å²) in [6, 6.07) is 7.40. The van der Waals surface area contributed by atoms with Gasteiger partial charge in [0.15, 0.2) is 0 Å². The summed E-state index contributed by atoms with van der Waals surface area (Å²) in [6.45, 7) is 5.62. The van der Waals surface area contributed by atoms with Gasteiger partial charge in [0.2, 0.25) is 10.0 Å². The number of nitrogens with zero attached hydrogens (tertiary/aromatic N) is 2. The van der Waals surface area contributed by atoms with Crippen LogP contribution in [0.25, 0.3) is 0 Å². The van der Waals surface area contributed by atoms with Crippen LogP contribution in [0.2, 0.25) is 0 Å². The summed E-state index contributed by atoms with van der Waals surface area (Å²) < 4.78 is 77.3. The molecule has 1 aliphatic heterocycles. The van der Waals surface area contributed by atoms with Crippen LogP contribution in [-0.2, 0) is 20.9 Å². The highest BCUT2D eigenvalue weighted by atomic mass is 32.2. The van der Waals surface area contributed by atoms with Gasteiger partial charge >= 0.3 is 12.2 Å². The number of rotatable bonds is 7. The Morgan fingerprint density at radius 3 is 2.39 bits per heavy atom. The molecule has 46 heavy (non-hydrogen) atoms. The number of aliphatic hydroxyl groups excluding tert-OH is 1. The molecule has 3 rings (SSSR count). The van der Waals surface area contributed by atoms with Gasteiger partial charge in [-0.05, 0) is 75.6 Å². The van der Waals surface area contributed by atoms with Gasteiger partial charge < -0.3 is 29.7 Å². The first kappa shape index (κ1) is 36.9. The average Bonchev–Trinajstić information content (AvgIpc) is 2.97. The summed E-state index contributed by atoms with van der Waals surface area (Å²) in [6.07, 6.45) is -2.24. The van der Waals surface area contributed by atoms with E-state index in [-0.39, 0.29) is 54.4 Å². The highest BCUT2D eigenvalue weighted by Gasteiger charge is 2.32. The summed E-state index contributed by atoms with van der Waals surface area (Å²) in [4.78, 5) is 29.9. The smallest absolute Gasteiger partial charge is 0.416 e. The third kappa shape index (κ3) is 10.8. The molecule has 0 bridgehead atoms. The van der Waals surface area contributed by atoms with E-state index in [1.807, 2.05) is 13.8 Å². The number of likely N-dealkylation sites (N-methyl/N-ethyl adjacent to an activating group) is 1. The van der Waals surface area contributed by atoms with E-state index in [1.165, 1.54) is 41.1 Å². The number of halogens is 3. The van der Waals surface area contributed by atoms with Crippen LogP contribution in [-0.4, -0.2) is 93.1 Å². The Balaban J connectivity index is 1.87. The lowest BCUT2D eigenvalue weighted by Crippen LogP contribution is -2.48. The number of carbonyl (C=O) groups is 2. The standard InChI is InChI=1S/C31H43F3N4O7S/c1-20-17-38(21(2)19-39)29(40)26-16-25(36-46(5,42)43)13-14-27(26)45-22(3)8-6-7-15-44-28(20)18-37(4)30(41)35-24-11-9-23(10-12-24)31(32,33)34/h9-14,16,20-22,28,36,39H,6-8,15,17-19H2,1-5H3,(H,35,41)/t20-,21+,22-,28-/m1/s1. The second-order valence-electron chi connectivity index (χ2n) is 11.8. The molecule has 0 saturated carbocycles. The van der Waals surface area contributed by atoms with E-state index in [2.05, 4.69) is 10.0 Å². The quantitative estimate of drug-likeness (QED) is 0.375. The molecule has 1 heterocycles. The molecule has 0 unspecified atom stereocenters. The number of carbonyl (C=O) groups excluding carboxylic acids is 2. The van der Waals surface area contributed by atoms with Crippen molar-refractivity contribution in [3.8, 4) is 5.75 Å². The van der Waals surface area contributed by atoms with Crippen molar-refractivity contribution in [2.75, 3.05) is 49.6 Å². The molecule has 3 N–H and O–H groups in total. The van der Waals surface area contributed by atoms with E-state index < -0.39 is 45.8 Å². The van der Waals surface area contributed by atoms with Crippen molar-refractivity contribution in [1.82, 2.24) is 9.80 Å². The lowest BCUT2D eigenvalue weighted by molar-refractivity contribution is -0.137. The molecule has 11 nitrogen and oxygen atoms in total. The van der Waals surface area contributed by atoms with Crippen LogP contribution in [0.3, 0.4) is 0 Å². The van der Waals surface area contributed by atoms with Crippen LogP contribution in [0.4, 0.5) is 29.3 Å². The highest BCUT2D eigenvalue weighted by molar-refractivity contribution is 7.92. The maximum Gasteiger partial charge on any atom is 0.416 e. The zero-order valence-electron chi connectivity index (χ0n) is 26.6. The van der Waals surface area contributed by atoms with Crippen molar-refractivity contribution in [2.45, 2.75) is 64.5 Å². The Bertz CT molecular complexity index is 1440. The number of fused-ring (bicyclic) bond motifs is 1. The number of hydrogen-bond acceptors (Lipinski definition) is 7. The largest absolute Gasteiger partial charge is 0.490 e. The predicted octanol–water partition coefficient (Wildman–Crippen LogP) is 5.04. The van der Waals surface area contributed by atoms with E-state index in [4.69, 9.17) is 9.47 Å². The lowest BCUT2D eigenvalue weighted by Gasteiger charge is -2.35. The lowest BCUT2D eigenvalue weighted by atomic mass is 10.0. The molecule has 256 valence electrons. The number of ether oxygens (including phenoxy) is 2. The van der Waals surface area contributed by atoms with Crippen molar-refractivity contribution in [3.05, 3.63) is 53.6 Å². The SMILES string of the molecule is C[C@@H]1CCCCO[C@H](CN(C)C(=O)Nc2ccc(C(F)(F)F)cc2)[C@H](C)CN([C@@H](C)CO)C(=O)c2cc(NS(C)(=O)=O)ccc2O1. The van der Waals surface area contributed by atoms with Gasteiger partial charge in [0, 0.05) is 44.0 Å². The van der Waals surface area contributed by atoms with Gasteiger partial charge in [-0.3, -0.25) is 9.52 Å². The van der Waals surface area contributed by atoms with E-state index in [9.17, 15) is 36.3 Å². The molecule has 0 saturated heterocycles. The summed E-state index contributed by atoms with van der Waals surface area (Å²) in [5.41, 5.74) is -0.337. The van der Waals surface area contributed by atoms with E-state index in [0.717, 1.165) is 24.8 Å². The van der Waals surface area contributed by atoms with E-state index in [1.54, 1.807) is 13.0 Å². The van der Waals surface area contributed by atoms with Crippen molar-refractivity contribution in [3.63, 3.8) is 0 Å². The number of sulfonamides is 1. The zero-order valence-corrected chi connectivity index (χ0v) is 27.5. The van der Waals surface area contributed by atoms with Gasteiger partial charge in [0.1, 0.15) is 5.75 Å². The maximum atomic E-state index is 14.1. The number of amides is 3. The molecule has 15 heteroatoms. The molecular weight excluding hydrogens is 629 g/mol. The fourth-order valence-corrected chi connectivity index (χ4v) is 5.53. The monoisotopic (exact) mass is 672 g/mol. The van der Waals surface area contributed by atoms with E-state index in [0.29, 0.717) is 19.4 Å². The molecule has 2 aromatic carbocycles. The number of benzene rings is 2. The number of aliphatic hydroxyl groups is 1. The average molecular weight is 673 g/mol. The Morgan fingerprint density at radius 2 is 1.78 bits per heavy atom. The van der Waals surface area contributed by atoms with Crippen LogP contribution < -0.4 is 14.8 Å². The van der Waals surface area contributed by atoms with Gasteiger partial charge in [0.25, 0.3) is 5.91 Å².